The van der Waals surface area contributed by atoms with Crippen LogP contribution in [0.3, 0.4) is 0 Å². The summed E-state index contributed by atoms with van der Waals surface area (Å²) < 4.78 is 7.75. The van der Waals surface area contributed by atoms with Gasteiger partial charge in [-0.1, -0.05) is 83.1 Å². The molecule has 0 fully saturated rings. The second-order valence-electron chi connectivity index (χ2n) is 13.0. The molecule has 0 radical (unpaired) electrons. The van der Waals surface area contributed by atoms with Crippen LogP contribution in [0, 0.1) is 10.8 Å². The van der Waals surface area contributed by atoms with Gasteiger partial charge in [-0.15, -0.1) is 0 Å². The van der Waals surface area contributed by atoms with E-state index in [-0.39, 0.29) is 27.4 Å². The molecule has 2 rings (SSSR count). The Bertz CT molecular complexity index is 921. The van der Waals surface area contributed by atoms with Crippen molar-refractivity contribution < 1.29 is 9.90 Å². The Morgan fingerprint density at radius 3 is 1.39 bits per heavy atom. The monoisotopic (exact) mass is 423 g/mol. The van der Waals surface area contributed by atoms with Crippen molar-refractivity contribution in [1.29, 1.82) is 1.43 Å². The number of aromatic hydroxyl groups is 1. The Morgan fingerprint density at radius 2 is 1.10 bits per heavy atom. The van der Waals surface area contributed by atoms with Crippen molar-refractivity contribution in [3.8, 4) is 5.75 Å². The molecule has 1 aliphatic carbocycles. The van der Waals surface area contributed by atoms with E-state index in [1.165, 1.54) is 0 Å². The summed E-state index contributed by atoms with van der Waals surface area (Å²) in [7, 11) is 0. The molecule has 2 nitrogen and oxygen atoms in total. The smallest absolute Gasteiger partial charge is 0.293 e. The summed E-state index contributed by atoms with van der Waals surface area (Å²) in [6, 6.07) is 4.25. The third-order valence-electron chi connectivity index (χ3n) is 5.79. The minimum Gasteiger partial charge on any atom is -0.507 e. The average molecular weight is 424 g/mol. The van der Waals surface area contributed by atoms with Crippen LogP contribution in [0.4, 0.5) is 0 Å². The molecule has 31 heavy (non-hydrogen) atoms. The Morgan fingerprint density at radius 1 is 0.710 bits per heavy atom. The molecule has 0 amide bonds. The number of carbonyl (C=O) groups excluding carboxylic acids is 1. The van der Waals surface area contributed by atoms with Gasteiger partial charge in [0.2, 0.25) is 0 Å². The maximum absolute atomic E-state index is 13.3. The van der Waals surface area contributed by atoms with E-state index in [0.29, 0.717) is 5.75 Å². The lowest BCUT2D eigenvalue weighted by Crippen LogP contribution is -2.27. The standard InChI is InChI=1S/C29H42O2/c1-26(2,3)20-14-18(15-21(24(20)30)27(4,5)6)13-19-16-22(28(7,8)9)25(31)23(17-19)29(10,11)12/h13-17,30H,1-12H3/i/hD. The lowest BCUT2D eigenvalue weighted by Gasteiger charge is -2.31. The number of ketones is 1. The summed E-state index contributed by atoms with van der Waals surface area (Å²) in [4.78, 5) is 13.3. The number of allylic oxidation sites excluding steroid dienone is 5. The normalized spacial score (nSPS) is 16.6. The van der Waals surface area contributed by atoms with Gasteiger partial charge < -0.3 is 5.11 Å². The van der Waals surface area contributed by atoms with Gasteiger partial charge in [0.15, 0.2) is 5.78 Å². The zero-order chi connectivity index (χ0) is 24.9. The van der Waals surface area contributed by atoms with Crippen LogP contribution in [0.2, 0.25) is 0 Å². The fraction of sp³-hybridized carbons (Fsp3) is 0.552. The second-order valence-corrected chi connectivity index (χ2v) is 13.0. The molecule has 0 spiro atoms. The fourth-order valence-corrected chi connectivity index (χ4v) is 3.89. The van der Waals surface area contributed by atoms with Crippen LogP contribution in [0.25, 0.3) is 6.08 Å². The first kappa shape index (κ1) is 23.6. The zero-order valence-electron chi connectivity index (χ0n) is 22.7. The molecule has 0 saturated heterocycles. The molecule has 1 N–H and O–H groups in total. The number of phenolic OH excluding ortho intramolecular Hbond substituents is 1. The zero-order valence-corrected chi connectivity index (χ0v) is 21.7. The SMILES string of the molecule is [2H]Oc1c(C(C)(C)C)cc(C=C2C=C(C(C)(C)C)C(=O)C(C(C)(C)C)=C2)cc1C(C)(C)C. The van der Waals surface area contributed by atoms with Crippen molar-refractivity contribution in [2.24, 2.45) is 10.8 Å². The van der Waals surface area contributed by atoms with Crippen LogP contribution in [0.1, 0.15) is 99.8 Å². The maximum Gasteiger partial charge on any atom is 0.293 e. The average Bonchev–Trinajstić information content (AvgIpc) is 2.58. The molecule has 0 bridgehead atoms. The highest BCUT2D eigenvalue weighted by molar-refractivity contribution is 6.12. The lowest BCUT2D eigenvalue weighted by atomic mass is 9.71. The number of hydrogen-bond acceptors (Lipinski definition) is 2. The van der Waals surface area contributed by atoms with E-state index >= 15 is 0 Å². The van der Waals surface area contributed by atoms with E-state index in [1.807, 2.05) is 12.2 Å². The molecule has 2 heteroatoms. The van der Waals surface area contributed by atoms with Crippen LogP contribution in [0.5, 0.6) is 5.75 Å². The minimum atomic E-state index is -0.239. The predicted molar refractivity (Wildman–Crippen MR) is 134 cm³/mol. The van der Waals surface area contributed by atoms with Crippen molar-refractivity contribution >= 4 is 11.9 Å². The van der Waals surface area contributed by atoms with E-state index in [2.05, 4.69) is 101 Å². The highest BCUT2D eigenvalue weighted by Gasteiger charge is 2.34. The Labute approximate surface area is 191 Å². The summed E-state index contributed by atoms with van der Waals surface area (Å²) in [5.74, 6) is 0.786. The third kappa shape index (κ3) is 5.59. The summed E-state index contributed by atoms with van der Waals surface area (Å²) in [6.45, 7) is 25.4. The largest absolute Gasteiger partial charge is 0.507 e. The van der Waals surface area contributed by atoms with Gasteiger partial charge in [-0.25, -0.2) is 0 Å². The van der Waals surface area contributed by atoms with Crippen molar-refractivity contribution in [1.82, 2.24) is 0 Å². The van der Waals surface area contributed by atoms with Crippen LogP contribution >= 0.6 is 0 Å². The Hall–Kier alpha value is -2.09. The Balaban J connectivity index is 2.84. The van der Waals surface area contributed by atoms with Gasteiger partial charge in [0.1, 0.15) is 5.75 Å². The first-order valence-electron chi connectivity index (χ1n) is 11.7. The molecular weight excluding hydrogens is 380 g/mol. The number of phenols is 1. The van der Waals surface area contributed by atoms with Gasteiger partial charge >= 0.3 is 0 Å². The molecule has 0 unspecified atom stereocenters. The minimum absolute atomic E-state index is 0.144. The summed E-state index contributed by atoms with van der Waals surface area (Å²) in [5, 5.41) is 5.17. The number of Topliss-reactive ketones (excluding diaryl/α,β-unsaturated/α-hetero) is 1. The second kappa shape index (κ2) is 7.80. The highest BCUT2D eigenvalue weighted by atomic mass is 16.3. The number of hydrogen-bond donors (Lipinski definition) is 1. The van der Waals surface area contributed by atoms with Gasteiger partial charge in [0.05, 0.1) is 0 Å². The van der Waals surface area contributed by atoms with Crippen molar-refractivity contribution in [2.75, 3.05) is 0 Å². The third-order valence-corrected chi connectivity index (χ3v) is 5.79. The molecule has 0 atom stereocenters. The predicted octanol–water partition coefficient (Wildman–Crippen LogP) is 7.90. The lowest BCUT2D eigenvalue weighted by molar-refractivity contribution is -0.114. The number of carbonyl (C=O) groups is 1. The van der Waals surface area contributed by atoms with Crippen molar-refractivity contribution in [2.45, 2.75) is 93.9 Å². The first-order valence-corrected chi connectivity index (χ1v) is 11.3. The molecule has 0 saturated carbocycles. The molecule has 1 aliphatic rings. The topological polar surface area (TPSA) is 37.3 Å². The number of benzene rings is 1. The molecule has 0 aromatic heterocycles. The molecular formula is C29H42O2. The fourth-order valence-electron chi connectivity index (χ4n) is 3.89. The van der Waals surface area contributed by atoms with Crippen molar-refractivity contribution in [3.05, 3.63) is 57.7 Å². The van der Waals surface area contributed by atoms with Gasteiger partial charge in [-0.2, -0.15) is 0 Å². The summed E-state index contributed by atoms with van der Waals surface area (Å²) in [5.41, 5.74) is 4.96. The van der Waals surface area contributed by atoms with Gasteiger partial charge in [0, 0.05) is 22.3 Å². The van der Waals surface area contributed by atoms with E-state index in [1.54, 1.807) is 0 Å². The van der Waals surface area contributed by atoms with Gasteiger partial charge in [-0.05, 0) is 63.2 Å². The van der Waals surface area contributed by atoms with Crippen LogP contribution < -0.4 is 0 Å². The summed E-state index contributed by atoms with van der Waals surface area (Å²) >= 11 is 0. The molecule has 1 aromatic carbocycles. The van der Waals surface area contributed by atoms with Crippen LogP contribution in [-0.2, 0) is 15.6 Å². The quantitative estimate of drug-likeness (QED) is 0.525. The van der Waals surface area contributed by atoms with E-state index in [4.69, 9.17) is 6.54 Å². The highest BCUT2D eigenvalue weighted by Crippen LogP contribution is 2.42. The molecule has 0 aliphatic heterocycles. The Kier molecular flexibility index (Phi) is 5.93. The van der Waals surface area contributed by atoms with E-state index < -0.39 is 0 Å². The molecule has 170 valence electrons. The number of rotatable bonds is 2. The maximum atomic E-state index is 13.3. The summed E-state index contributed by atoms with van der Waals surface area (Å²) in [6.07, 6.45) is 6.24. The van der Waals surface area contributed by atoms with E-state index in [9.17, 15) is 4.79 Å². The van der Waals surface area contributed by atoms with Crippen LogP contribution in [-0.4, -0.2) is 12.3 Å². The molecule has 0 heterocycles. The van der Waals surface area contributed by atoms with Gasteiger partial charge in [-0.3, -0.25) is 4.79 Å². The van der Waals surface area contributed by atoms with E-state index in [0.717, 1.165) is 33.4 Å². The molecule has 1 aromatic rings. The van der Waals surface area contributed by atoms with Gasteiger partial charge in [0.25, 0.3) is 1.43 Å². The van der Waals surface area contributed by atoms with Crippen molar-refractivity contribution in [3.63, 3.8) is 0 Å². The first-order chi connectivity index (χ1) is 14.3. The van der Waals surface area contributed by atoms with Crippen LogP contribution in [0.15, 0.2) is 41.0 Å².